The molecule has 3 heterocycles. The highest BCUT2D eigenvalue weighted by Crippen LogP contribution is 2.38. The van der Waals surface area contributed by atoms with Crippen molar-refractivity contribution in [3.63, 3.8) is 0 Å². The molecule has 0 aliphatic carbocycles. The number of thiophene rings is 1. The number of rotatable bonds is 3. The minimum atomic E-state index is -0.257. The molecule has 1 aromatic heterocycles. The molecule has 5 heteroatoms. The fraction of sp³-hybridized carbons (Fsp3) is 0.304. The number of hydrogen-bond acceptors (Lipinski definition) is 3. The van der Waals surface area contributed by atoms with E-state index < -0.39 is 0 Å². The summed E-state index contributed by atoms with van der Waals surface area (Å²) in [6, 6.07) is 18.4. The third-order valence-electron chi connectivity index (χ3n) is 5.94. The van der Waals surface area contributed by atoms with Gasteiger partial charge in [-0.15, -0.1) is 11.3 Å². The number of carbonyl (C=O) groups is 2. The predicted octanol–water partition coefficient (Wildman–Crippen LogP) is 4.62. The van der Waals surface area contributed by atoms with E-state index in [0.717, 1.165) is 35.8 Å². The molecular weight excluding hydrogens is 368 g/mol. The second-order valence-electron chi connectivity index (χ2n) is 7.61. The minimum absolute atomic E-state index is 0.0431. The molecule has 2 atom stereocenters. The molecule has 2 aliphatic rings. The molecule has 3 aromatic rings. The molecule has 2 amide bonds. The van der Waals surface area contributed by atoms with Gasteiger partial charge < -0.3 is 9.80 Å². The van der Waals surface area contributed by atoms with E-state index in [4.69, 9.17) is 0 Å². The van der Waals surface area contributed by atoms with Gasteiger partial charge in [0, 0.05) is 29.8 Å². The van der Waals surface area contributed by atoms with Crippen LogP contribution in [0.4, 0.5) is 5.69 Å². The van der Waals surface area contributed by atoms with Gasteiger partial charge in [0.1, 0.15) is 0 Å². The van der Waals surface area contributed by atoms with Crippen LogP contribution in [-0.4, -0.2) is 29.8 Å². The number of hydrogen-bond donors (Lipinski definition) is 0. The fourth-order valence-corrected chi connectivity index (χ4v) is 5.46. The van der Waals surface area contributed by atoms with Gasteiger partial charge in [0.25, 0.3) is 0 Å². The van der Waals surface area contributed by atoms with Crippen LogP contribution >= 0.6 is 11.3 Å². The number of likely N-dealkylation sites (tertiary alicyclic amines) is 1. The molecule has 4 nitrogen and oxygen atoms in total. The minimum Gasteiger partial charge on any atom is -0.335 e. The topological polar surface area (TPSA) is 40.6 Å². The highest BCUT2D eigenvalue weighted by molar-refractivity contribution is 7.10. The SMILES string of the molecule is O=C1C[C@@H](C(=O)N2CCC[C@@H]2c2cccs2)CN1c1cccc2ccccc12. The second kappa shape index (κ2) is 7.06. The molecule has 0 N–H and O–H groups in total. The normalized spacial score (nSPS) is 22.4. The summed E-state index contributed by atoms with van der Waals surface area (Å²) in [6.45, 7) is 1.26. The van der Waals surface area contributed by atoms with Crippen LogP contribution in [0.3, 0.4) is 0 Å². The van der Waals surface area contributed by atoms with Crippen LogP contribution in [0.25, 0.3) is 10.8 Å². The zero-order valence-corrected chi connectivity index (χ0v) is 16.4. The molecule has 2 fully saturated rings. The Kier molecular flexibility index (Phi) is 4.40. The Bertz CT molecular complexity index is 1020. The van der Waals surface area contributed by atoms with Gasteiger partial charge in [0.15, 0.2) is 0 Å². The molecule has 28 heavy (non-hydrogen) atoms. The Labute approximate surface area is 168 Å². The Morgan fingerprint density at radius 3 is 2.75 bits per heavy atom. The van der Waals surface area contributed by atoms with Crippen LogP contribution in [0.2, 0.25) is 0 Å². The van der Waals surface area contributed by atoms with Crippen molar-refractivity contribution < 1.29 is 9.59 Å². The van der Waals surface area contributed by atoms with E-state index in [2.05, 4.69) is 23.6 Å². The van der Waals surface area contributed by atoms with Gasteiger partial charge in [0.05, 0.1) is 17.6 Å². The first kappa shape index (κ1) is 17.4. The van der Waals surface area contributed by atoms with Crippen LogP contribution in [0.15, 0.2) is 60.0 Å². The van der Waals surface area contributed by atoms with Crippen LogP contribution < -0.4 is 4.90 Å². The first-order valence-corrected chi connectivity index (χ1v) is 10.7. The summed E-state index contributed by atoms with van der Waals surface area (Å²) >= 11 is 1.71. The lowest BCUT2D eigenvalue weighted by Crippen LogP contribution is -2.36. The maximum atomic E-state index is 13.3. The lowest BCUT2D eigenvalue weighted by Gasteiger charge is -2.27. The summed E-state index contributed by atoms with van der Waals surface area (Å²) in [5, 5.41) is 4.24. The molecule has 0 radical (unpaired) electrons. The van der Waals surface area contributed by atoms with Crippen molar-refractivity contribution in [1.82, 2.24) is 4.90 Å². The maximum absolute atomic E-state index is 13.3. The second-order valence-corrected chi connectivity index (χ2v) is 8.59. The first-order valence-electron chi connectivity index (χ1n) is 9.84. The number of anilines is 1. The van der Waals surface area contributed by atoms with E-state index in [9.17, 15) is 9.59 Å². The molecule has 0 saturated carbocycles. The van der Waals surface area contributed by atoms with E-state index in [-0.39, 0.29) is 23.8 Å². The molecule has 5 rings (SSSR count). The summed E-state index contributed by atoms with van der Waals surface area (Å²) in [6.07, 6.45) is 2.34. The van der Waals surface area contributed by atoms with Gasteiger partial charge >= 0.3 is 0 Å². The average Bonchev–Trinajstić information content (AvgIpc) is 3.47. The third-order valence-corrected chi connectivity index (χ3v) is 6.91. The molecule has 0 unspecified atom stereocenters. The van der Waals surface area contributed by atoms with Crippen molar-refractivity contribution in [2.75, 3.05) is 18.0 Å². The summed E-state index contributed by atoms with van der Waals surface area (Å²) in [7, 11) is 0. The summed E-state index contributed by atoms with van der Waals surface area (Å²) in [5.74, 6) is -0.0828. The number of nitrogens with zero attached hydrogens (tertiary/aromatic N) is 2. The molecule has 2 saturated heterocycles. The quantitative estimate of drug-likeness (QED) is 0.655. The van der Waals surface area contributed by atoms with Crippen molar-refractivity contribution in [1.29, 1.82) is 0 Å². The zero-order valence-electron chi connectivity index (χ0n) is 15.6. The van der Waals surface area contributed by atoms with Crippen molar-refractivity contribution >= 4 is 39.6 Å². The molecule has 2 aliphatic heterocycles. The van der Waals surface area contributed by atoms with E-state index in [1.165, 1.54) is 4.88 Å². The number of amides is 2. The molecular formula is C23H22N2O2S. The van der Waals surface area contributed by atoms with E-state index in [1.807, 2.05) is 41.3 Å². The highest BCUT2D eigenvalue weighted by atomic mass is 32.1. The Morgan fingerprint density at radius 2 is 1.89 bits per heavy atom. The van der Waals surface area contributed by atoms with Crippen LogP contribution in [-0.2, 0) is 9.59 Å². The lowest BCUT2D eigenvalue weighted by atomic mass is 10.1. The molecule has 142 valence electrons. The predicted molar refractivity (Wildman–Crippen MR) is 112 cm³/mol. The largest absolute Gasteiger partial charge is 0.335 e. The lowest BCUT2D eigenvalue weighted by molar-refractivity contribution is -0.136. The van der Waals surface area contributed by atoms with E-state index >= 15 is 0 Å². The van der Waals surface area contributed by atoms with Crippen molar-refractivity contribution in [3.8, 4) is 0 Å². The fourth-order valence-electron chi connectivity index (χ4n) is 4.59. The molecule has 0 spiro atoms. The smallest absolute Gasteiger partial charge is 0.228 e. The molecule has 0 bridgehead atoms. The van der Waals surface area contributed by atoms with Gasteiger partial charge in [-0.25, -0.2) is 0 Å². The molecule has 2 aromatic carbocycles. The van der Waals surface area contributed by atoms with E-state index in [1.54, 1.807) is 16.2 Å². The van der Waals surface area contributed by atoms with Gasteiger partial charge in [0.2, 0.25) is 11.8 Å². The Hall–Kier alpha value is -2.66. The maximum Gasteiger partial charge on any atom is 0.228 e. The first-order chi connectivity index (χ1) is 13.7. The zero-order chi connectivity index (χ0) is 19.1. The third kappa shape index (κ3) is 2.90. The monoisotopic (exact) mass is 390 g/mol. The van der Waals surface area contributed by atoms with Crippen LogP contribution in [0.1, 0.15) is 30.2 Å². The highest BCUT2D eigenvalue weighted by Gasteiger charge is 2.41. The Morgan fingerprint density at radius 1 is 1.04 bits per heavy atom. The van der Waals surface area contributed by atoms with Crippen molar-refractivity contribution in [2.45, 2.75) is 25.3 Å². The summed E-state index contributed by atoms with van der Waals surface area (Å²) in [4.78, 5) is 31.2. The van der Waals surface area contributed by atoms with Crippen molar-refractivity contribution in [3.05, 3.63) is 64.9 Å². The average molecular weight is 391 g/mol. The van der Waals surface area contributed by atoms with Crippen LogP contribution in [0.5, 0.6) is 0 Å². The standard InChI is InChI=1S/C23H22N2O2S/c26-22-14-17(23(27)24-12-4-10-20(24)21-11-5-13-28-21)15-25(22)19-9-3-7-16-6-1-2-8-18(16)19/h1-3,5-9,11,13,17,20H,4,10,12,14-15H2/t17-,20-/m1/s1. The van der Waals surface area contributed by atoms with Gasteiger partial charge in [-0.2, -0.15) is 0 Å². The summed E-state index contributed by atoms with van der Waals surface area (Å²) < 4.78 is 0. The van der Waals surface area contributed by atoms with Crippen molar-refractivity contribution in [2.24, 2.45) is 5.92 Å². The van der Waals surface area contributed by atoms with Gasteiger partial charge in [-0.3, -0.25) is 9.59 Å². The number of benzene rings is 2. The van der Waals surface area contributed by atoms with Crippen LogP contribution in [0, 0.1) is 5.92 Å². The number of fused-ring (bicyclic) bond motifs is 1. The Balaban J connectivity index is 1.40. The van der Waals surface area contributed by atoms with E-state index in [0.29, 0.717) is 13.0 Å². The van der Waals surface area contributed by atoms with Gasteiger partial charge in [-0.05, 0) is 35.7 Å². The summed E-state index contributed by atoms with van der Waals surface area (Å²) in [5.41, 5.74) is 0.912. The number of carbonyl (C=O) groups excluding carboxylic acids is 2. The van der Waals surface area contributed by atoms with Gasteiger partial charge in [-0.1, -0.05) is 42.5 Å².